The number of carbonyl (C=O) groups is 1. The molecule has 0 aliphatic heterocycles. The summed E-state index contributed by atoms with van der Waals surface area (Å²) in [6.45, 7) is 0. The second-order valence-corrected chi connectivity index (χ2v) is 4.91. The van der Waals surface area contributed by atoms with Crippen molar-refractivity contribution in [1.29, 1.82) is 0 Å². The highest BCUT2D eigenvalue weighted by Gasteiger charge is 2.05. The fourth-order valence-corrected chi connectivity index (χ4v) is 1.90. The predicted molar refractivity (Wildman–Crippen MR) is 79.7 cm³/mol. The van der Waals surface area contributed by atoms with Gasteiger partial charge in [0.1, 0.15) is 0 Å². The maximum Gasteiger partial charge on any atom is 0.228 e. The summed E-state index contributed by atoms with van der Waals surface area (Å²) >= 11 is 11.7. The van der Waals surface area contributed by atoms with Crippen LogP contribution in [0.2, 0.25) is 10.0 Å². The number of nitrogen functional groups attached to an aromatic ring is 1. The van der Waals surface area contributed by atoms with Gasteiger partial charge in [0.2, 0.25) is 5.91 Å². The van der Waals surface area contributed by atoms with E-state index in [0.29, 0.717) is 21.4 Å². The number of hydrogen-bond acceptors (Lipinski definition) is 2. The molecule has 1 amide bonds. The molecule has 2 rings (SSSR count). The minimum absolute atomic E-state index is 0.122. The van der Waals surface area contributed by atoms with Gasteiger partial charge in [-0.2, -0.15) is 0 Å². The van der Waals surface area contributed by atoms with Crippen molar-refractivity contribution in [3.8, 4) is 0 Å². The van der Waals surface area contributed by atoms with E-state index >= 15 is 0 Å². The molecule has 0 saturated carbocycles. The largest absolute Gasteiger partial charge is 0.399 e. The van der Waals surface area contributed by atoms with E-state index in [1.165, 1.54) is 0 Å². The number of halogens is 2. The lowest BCUT2D eigenvalue weighted by Crippen LogP contribution is -2.14. The molecule has 0 aliphatic rings. The van der Waals surface area contributed by atoms with Crippen LogP contribution in [-0.4, -0.2) is 5.91 Å². The van der Waals surface area contributed by atoms with E-state index in [2.05, 4.69) is 5.32 Å². The van der Waals surface area contributed by atoms with E-state index in [9.17, 15) is 4.79 Å². The third-order valence-electron chi connectivity index (χ3n) is 2.55. The third-order valence-corrected chi connectivity index (χ3v) is 3.29. The zero-order valence-corrected chi connectivity index (χ0v) is 11.5. The number of benzene rings is 2. The fraction of sp³-hybridized carbons (Fsp3) is 0.0714. The first-order valence-corrected chi connectivity index (χ1v) is 6.39. The Morgan fingerprint density at radius 2 is 1.74 bits per heavy atom. The van der Waals surface area contributed by atoms with E-state index in [1.807, 2.05) is 12.1 Å². The molecular formula is C14H12Cl2N2O. The van der Waals surface area contributed by atoms with Crippen LogP contribution < -0.4 is 11.1 Å². The molecule has 0 fully saturated rings. The number of nitrogens with two attached hydrogens (primary N) is 1. The predicted octanol–water partition coefficient (Wildman–Crippen LogP) is 3.76. The highest BCUT2D eigenvalue weighted by atomic mass is 35.5. The van der Waals surface area contributed by atoms with Gasteiger partial charge < -0.3 is 11.1 Å². The summed E-state index contributed by atoms with van der Waals surface area (Å²) in [6, 6.07) is 12.1. The van der Waals surface area contributed by atoms with Crippen molar-refractivity contribution in [3.05, 3.63) is 58.1 Å². The van der Waals surface area contributed by atoms with Crippen molar-refractivity contribution in [2.45, 2.75) is 6.42 Å². The molecule has 0 saturated heterocycles. The summed E-state index contributed by atoms with van der Waals surface area (Å²) in [6.07, 6.45) is 0.278. The Morgan fingerprint density at radius 1 is 1.05 bits per heavy atom. The highest BCUT2D eigenvalue weighted by molar-refractivity contribution is 6.42. The van der Waals surface area contributed by atoms with Crippen LogP contribution in [-0.2, 0) is 11.2 Å². The molecule has 3 N–H and O–H groups in total. The number of nitrogens with one attached hydrogen (secondary N) is 1. The van der Waals surface area contributed by atoms with E-state index in [-0.39, 0.29) is 12.3 Å². The number of rotatable bonds is 3. The Balaban J connectivity index is 2.01. The number of carbonyl (C=O) groups excluding carboxylic acids is 1. The zero-order valence-electron chi connectivity index (χ0n) is 9.99. The lowest BCUT2D eigenvalue weighted by molar-refractivity contribution is -0.115. The Kier molecular flexibility index (Phi) is 4.30. The molecule has 0 spiro atoms. The molecular weight excluding hydrogens is 283 g/mol. The van der Waals surface area contributed by atoms with E-state index in [0.717, 1.165) is 5.56 Å². The van der Waals surface area contributed by atoms with Gasteiger partial charge in [-0.1, -0.05) is 35.3 Å². The number of hydrogen-bond donors (Lipinski definition) is 2. The molecule has 98 valence electrons. The summed E-state index contributed by atoms with van der Waals surface area (Å²) < 4.78 is 0. The number of anilines is 2. The molecule has 5 heteroatoms. The van der Waals surface area contributed by atoms with Crippen LogP contribution >= 0.6 is 23.2 Å². The average Bonchev–Trinajstić information content (AvgIpc) is 2.37. The van der Waals surface area contributed by atoms with Crippen LogP contribution in [0.4, 0.5) is 11.4 Å². The molecule has 0 unspecified atom stereocenters. The summed E-state index contributed by atoms with van der Waals surface area (Å²) in [4.78, 5) is 11.8. The standard InChI is InChI=1S/C14H12Cl2N2O/c15-12-6-5-11(8-13(12)16)18-14(19)7-9-1-3-10(17)4-2-9/h1-6,8H,7,17H2,(H,18,19). The summed E-state index contributed by atoms with van der Waals surface area (Å²) in [5, 5.41) is 3.63. The van der Waals surface area contributed by atoms with Gasteiger partial charge >= 0.3 is 0 Å². The zero-order chi connectivity index (χ0) is 13.8. The molecule has 0 radical (unpaired) electrons. The van der Waals surface area contributed by atoms with Gasteiger partial charge in [0.25, 0.3) is 0 Å². The minimum atomic E-state index is -0.122. The smallest absolute Gasteiger partial charge is 0.228 e. The highest BCUT2D eigenvalue weighted by Crippen LogP contribution is 2.25. The molecule has 0 bridgehead atoms. The normalized spacial score (nSPS) is 10.2. The third kappa shape index (κ3) is 3.88. The van der Waals surface area contributed by atoms with E-state index < -0.39 is 0 Å². The van der Waals surface area contributed by atoms with Gasteiger partial charge in [-0.05, 0) is 35.9 Å². The molecule has 0 aliphatic carbocycles. The Labute approximate surface area is 121 Å². The van der Waals surface area contributed by atoms with Crippen LogP contribution in [0.1, 0.15) is 5.56 Å². The minimum Gasteiger partial charge on any atom is -0.399 e. The molecule has 0 atom stereocenters. The molecule has 2 aromatic rings. The van der Waals surface area contributed by atoms with Crippen molar-refractivity contribution in [3.63, 3.8) is 0 Å². The van der Waals surface area contributed by atoms with Crippen molar-refractivity contribution < 1.29 is 4.79 Å². The quantitative estimate of drug-likeness (QED) is 0.847. The molecule has 3 nitrogen and oxygen atoms in total. The molecule has 2 aromatic carbocycles. The van der Waals surface area contributed by atoms with Gasteiger partial charge in [0.15, 0.2) is 0 Å². The van der Waals surface area contributed by atoms with Crippen molar-refractivity contribution in [2.24, 2.45) is 0 Å². The fourth-order valence-electron chi connectivity index (χ4n) is 1.60. The molecule has 0 heterocycles. The Bertz CT molecular complexity index is 597. The Hall–Kier alpha value is -1.71. The van der Waals surface area contributed by atoms with Crippen molar-refractivity contribution in [2.75, 3.05) is 11.1 Å². The second kappa shape index (κ2) is 5.95. The topological polar surface area (TPSA) is 55.1 Å². The van der Waals surface area contributed by atoms with Crippen LogP contribution in [0.25, 0.3) is 0 Å². The van der Waals surface area contributed by atoms with Crippen molar-refractivity contribution >= 4 is 40.5 Å². The summed E-state index contributed by atoms with van der Waals surface area (Å²) in [5.74, 6) is -0.122. The first-order valence-electron chi connectivity index (χ1n) is 5.64. The second-order valence-electron chi connectivity index (χ2n) is 4.10. The average molecular weight is 295 g/mol. The maximum absolute atomic E-state index is 11.8. The first-order chi connectivity index (χ1) is 9.04. The van der Waals surface area contributed by atoms with Crippen LogP contribution in [0, 0.1) is 0 Å². The van der Waals surface area contributed by atoms with Crippen molar-refractivity contribution in [1.82, 2.24) is 0 Å². The van der Waals surface area contributed by atoms with Crippen LogP contribution in [0.3, 0.4) is 0 Å². The van der Waals surface area contributed by atoms with E-state index in [4.69, 9.17) is 28.9 Å². The van der Waals surface area contributed by atoms with Crippen LogP contribution in [0.5, 0.6) is 0 Å². The van der Waals surface area contributed by atoms with Gasteiger partial charge in [0.05, 0.1) is 16.5 Å². The van der Waals surface area contributed by atoms with Gasteiger partial charge in [-0.25, -0.2) is 0 Å². The lowest BCUT2D eigenvalue weighted by Gasteiger charge is -2.06. The van der Waals surface area contributed by atoms with Crippen LogP contribution in [0.15, 0.2) is 42.5 Å². The molecule has 19 heavy (non-hydrogen) atoms. The van der Waals surface area contributed by atoms with Gasteiger partial charge in [0, 0.05) is 11.4 Å². The monoisotopic (exact) mass is 294 g/mol. The Morgan fingerprint density at radius 3 is 2.37 bits per heavy atom. The summed E-state index contributed by atoms with van der Waals surface area (Å²) in [5.41, 5.74) is 7.77. The number of amides is 1. The van der Waals surface area contributed by atoms with E-state index in [1.54, 1.807) is 30.3 Å². The lowest BCUT2D eigenvalue weighted by atomic mass is 10.1. The SMILES string of the molecule is Nc1ccc(CC(=O)Nc2ccc(Cl)c(Cl)c2)cc1. The maximum atomic E-state index is 11.8. The van der Waals surface area contributed by atoms with Gasteiger partial charge in [-0.3, -0.25) is 4.79 Å². The summed E-state index contributed by atoms with van der Waals surface area (Å²) in [7, 11) is 0. The first kappa shape index (κ1) is 13.7. The van der Waals surface area contributed by atoms with Gasteiger partial charge in [-0.15, -0.1) is 0 Å². The molecule has 0 aromatic heterocycles.